The average Bonchev–Trinajstić information content (AvgIpc) is 2.70. The fourth-order valence-electron chi connectivity index (χ4n) is 3.15. The molecule has 164 valence electrons. The van der Waals surface area contributed by atoms with E-state index in [-0.39, 0.29) is 23.2 Å². The number of aromatic nitrogens is 1. The van der Waals surface area contributed by atoms with Crippen LogP contribution in [0.3, 0.4) is 0 Å². The number of anilines is 2. The number of carboxylic acid groups (broad SMARTS) is 1. The first-order valence-corrected chi connectivity index (χ1v) is 10.3. The molecule has 2 N–H and O–H groups in total. The van der Waals surface area contributed by atoms with Gasteiger partial charge in [-0.25, -0.2) is 4.79 Å². The minimum absolute atomic E-state index is 0.118. The van der Waals surface area contributed by atoms with Crippen LogP contribution in [0.1, 0.15) is 47.0 Å². The van der Waals surface area contributed by atoms with Gasteiger partial charge < -0.3 is 15.2 Å². The first kappa shape index (κ1) is 23.3. The summed E-state index contributed by atoms with van der Waals surface area (Å²) in [5.74, 6) is 0.492. The quantitative estimate of drug-likeness (QED) is 0.593. The van der Waals surface area contributed by atoms with Gasteiger partial charge in [0, 0.05) is 31.1 Å². The van der Waals surface area contributed by atoms with Crippen LogP contribution in [-0.4, -0.2) is 35.3 Å². The molecule has 0 aliphatic heterocycles. The summed E-state index contributed by atoms with van der Waals surface area (Å²) in [4.78, 5) is 37.9. The summed E-state index contributed by atoms with van der Waals surface area (Å²) in [5, 5.41) is 13.3. The smallest absolute Gasteiger partial charge is 0.412 e. The SMILES string of the molecule is CCCCOc1c(N(C)C(=O)O)n(CC(C)C)c(=O)c2ccc(NC(=O)CC)cc12. The Morgan fingerprint density at radius 3 is 2.50 bits per heavy atom. The van der Waals surface area contributed by atoms with Crippen molar-refractivity contribution >= 4 is 34.3 Å². The largest absolute Gasteiger partial charge is 0.489 e. The molecule has 0 unspecified atom stereocenters. The standard InChI is InChI=1S/C22H31N3O5/c1-6-8-11-30-19-17-12-15(23-18(26)7-2)9-10-16(17)21(27)25(13-14(3)4)20(19)24(5)22(28)29/h9-10,12,14H,6-8,11,13H2,1-5H3,(H,23,26)(H,28,29). The maximum atomic E-state index is 13.3. The summed E-state index contributed by atoms with van der Waals surface area (Å²) in [5.41, 5.74) is 0.234. The Morgan fingerprint density at radius 2 is 1.93 bits per heavy atom. The molecule has 0 saturated carbocycles. The molecule has 1 heterocycles. The zero-order chi connectivity index (χ0) is 22.4. The van der Waals surface area contributed by atoms with Crippen LogP contribution < -0.4 is 20.5 Å². The third kappa shape index (κ3) is 5.11. The molecule has 8 nitrogen and oxygen atoms in total. The lowest BCUT2D eigenvalue weighted by atomic mass is 10.1. The van der Waals surface area contributed by atoms with E-state index in [4.69, 9.17) is 4.74 Å². The molecule has 0 bridgehead atoms. The molecule has 8 heteroatoms. The van der Waals surface area contributed by atoms with E-state index in [1.165, 1.54) is 11.6 Å². The average molecular weight is 418 g/mol. The number of carbonyl (C=O) groups is 2. The lowest BCUT2D eigenvalue weighted by molar-refractivity contribution is -0.115. The molecular weight excluding hydrogens is 386 g/mol. The van der Waals surface area contributed by atoms with Gasteiger partial charge in [-0.05, 0) is 30.5 Å². The molecule has 2 amide bonds. The summed E-state index contributed by atoms with van der Waals surface area (Å²) in [6.07, 6.45) is 0.821. The number of carbonyl (C=O) groups excluding carboxylic acids is 1. The number of nitrogens with one attached hydrogen (secondary N) is 1. The van der Waals surface area contributed by atoms with Crippen LogP contribution in [0.25, 0.3) is 10.8 Å². The number of rotatable bonds is 9. The number of nitrogens with zero attached hydrogens (tertiary/aromatic N) is 2. The Bertz CT molecular complexity index is 981. The fraction of sp³-hybridized carbons (Fsp3) is 0.500. The lowest BCUT2D eigenvalue weighted by Gasteiger charge is -2.25. The van der Waals surface area contributed by atoms with Crippen molar-refractivity contribution in [2.75, 3.05) is 23.9 Å². The number of unbranched alkanes of at least 4 members (excludes halogenated alkanes) is 1. The number of pyridine rings is 1. The molecular formula is C22H31N3O5. The van der Waals surface area contributed by atoms with Crippen LogP contribution in [0.5, 0.6) is 5.75 Å². The van der Waals surface area contributed by atoms with Gasteiger partial charge in [0.15, 0.2) is 11.6 Å². The Balaban J connectivity index is 2.84. The maximum Gasteiger partial charge on any atom is 0.412 e. The van der Waals surface area contributed by atoms with E-state index < -0.39 is 6.09 Å². The number of amides is 2. The molecule has 30 heavy (non-hydrogen) atoms. The second kappa shape index (κ2) is 10.1. The minimum Gasteiger partial charge on any atom is -0.489 e. The van der Waals surface area contributed by atoms with E-state index in [1.807, 2.05) is 20.8 Å². The van der Waals surface area contributed by atoms with Crippen LogP contribution in [-0.2, 0) is 11.3 Å². The van der Waals surface area contributed by atoms with Crippen molar-refractivity contribution in [3.05, 3.63) is 28.6 Å². The van der Waals surface area contributed by atoms with Crippen molar-refractivity contribution in [1.29, 1.82) is 0 Å². The topological polar surface area (TPSA) is 101 Å². The number of fused-ring (bicyclic) bond motifs is 1. The Labute approximate surface area is 176 Å². The molecule has 0 radical (unpaired) electrons. The highest BCUT2D eigenvalue weighted by Crippen LogP contribution is 2.36. The van der Waals surface area contributed by atoms with Crippen LogP contribution in [0, 0.1) is 5.92 Å². The molecule has 1 aromatic carbocycles. The summed E-state index contributed by atoms with van der Waals surface area (Å²) in [6.45, 7) is 8.44. The molecule has 0 atom stereocenters. The van der Waals surface area contributed by atoms with Crippen molar-refractivity contribution in [1.82, 2.24) is 4.57 Å². The third-order valence-electron chi connectivity index (χ3n) is 4.70. The lowest BCUT2D eigenvalue weighted by Crippen LogP contribution is -2.34. The van der Waals surface area contributed by atoms with Crippen LogP contribution in [0.2, 0.25) is 0 Å². The summed E-state index contributed by atoms with van der Waals surface area (Å²) in [6, 6.07) is 4.99. The van der Waals surface area contributed by atoms with Gasteiger partial charge in [0.05, 0.1) is 12.0 Å². The van der Waals surface area contributed by atoms with Gasteiger partial charge in [0.1, 0.15) is 0 Å². The predicted octanol–water partition coefficient (Wildman–Crippen LogP) is 4.30. The fourth-order valence-corrected chi connectivity index (χ4v) is 3.15. The van der Waals surface area contributed by atoms with Gasteiger partial charge in [0.2, 0.25) is 5.91 Å². The highest BCUT2D eigenvalue weighted by atomic mass is 16.5. The molecule has 0 fully saturated rings. The zero-order valence-electron chi connectivity index (χ0n) is 18.3. The van der Waals surface area contributed by atoms with E-state index >= 15 is 0 Å². The number of benzene rings is 1. The summed E-state index contributed by atoms with van der Waals surface area (Å²) >= 11 is 0. The van der Waals surface area contributed by atoms with Crippen LogP contribution >= 0.6 is 0 Å². The Kier molecular flexibility index (Phi) is 7.86. The van der Waals surface area contributed by atoms with Gasteiger partial charge in [0.25, 0.3) is 5.56 Å². The van der Waals surface area contributed by atoms with Gasteiger partial charge in [-0.3, -0.25) is 19.1 Å². The van der Waals surface area contributed by atoms with Crippen molar-refractivity contribution in [3.63, 3.8) is 0 Å². The Hall–Kier alpha value is -3.03. The first-order valence-electron chi connectivity index (χ1n) is 10.3. The number of hydrogen-bond donors (Lipinski definition) is 2. The van der Waals surface area contributed by atoms with Gasteiger partial charge in [-0.1, -0.05) is 34.1 Å². The summed E-state index contributed by atoms with van der Waals surface area (Å²) in [7, 11) is 1.40. The van der Waals surface area contributed by atoms with Crippen molar-refractivity contribution < 1.29 is 19.4 Å². The number of ether oxygens (including phenoxy) is 1. The Morgan fingerprint density at radius 1 is 1.23 bits per heavy atom. The second-order valence-corrected chi connectivity index (χ2v) is 7.67. The zero-order valence-corrected chi connectivity index (χ0v) is 18.3. The maximum absolute atomic E-state index is 13.3. The van der Waals surface area contributed by atoms with E-state index in [9.17, 15) is 19.5 Å². The minimum atomic E-state index is -1.19. The van der Waals surface area contributed by atoms with Gasteiger partial charge in [-0.15, -0.1) is 0 Å². The van der Waals surface area contributed by atoms with Crippen molar-refractivity contribution in [2.45, 2.75) is 53.5 Å². The first-order chi connectivity index (χ1) is 14.2. The second-order valence-electron chi connectivity index (χ2n) is 7.67. The van der Waals surface area contributed by atoms with Gasteiger partial charge in [-0.2, -0.15) is 0 Å². The normalized spacial score (nSPS) is 11.0. The highest BCUT2D eigenvalue weighted by molar-refractivity contribution is 6.00. The molecule has 0 saturated heterocycles. The van der Waals surface area contributed by atoms with Crippen LogP contribution in [0.4, 0.5) is 16.3 Å². The predicted molar refractivity (Wildman–Crippen MR) is 119 cm³/mol. The molecule has 1 aromatic heterocycles. The molecule has 0 aliphatic carbocycles. The van der Waals surface area contributed by atoms with E-state index in [2.05, 4.69) is 5.32 Å². The van der Waals surface area contributed by atoms with E-state index in [1.54, 1.807) is 25.1 Å². The molecule has 0 aliphatic rings. The molecule has 0 spiro atoms. The van der Waals surface area contributed by atoms with Crippen molar-refractivity contribution in [3.8, 4) is 5.75 Å². The van der Waals surface area contributed by atoms with Crippen LogP contribution in [0.15, 0.2) is 23.0 Å². The summed E-state index contributed by atoms with van der Waals surface area (Å²) < 4.78 is 7.51. The van der Waals surface area contributed by atoms with E-state index in [0.717, 1.165) is 17.7 Å². The number of hydrogen-bond acceptors (Lipinski definition) is 4. The van der Waals surface area contributed by atoms with Crippen molar-refractivity contribution in [2.24, 2.45) is 5.92 Å². The molecule has 2 aromatic rings. The molecule has 2 rings (SSSR count). The third-order valence-corrected chi connectivity index (χ3v) is 4.70. The van der Waals surface area contributed by atoms with E-state index in [0.29, 0.717) is 41.8 Å². The monoisotopic (exact) mass is 417 g/mol. The van der Waals surface area contributed by atoms with Gasteiger partial charge >= 0.3 is 6.09 Å². The highest BCUT2D eigenvalue weighted by Gasteiger charge is 2.25.